The van der Waals surface area contributed by atoms with Crippen molar-refractivity contribution in [1.29, 1.82) is 0 Å². The topological polar surface area (TPSA) is 50.9 Å². The van der Waals surface area contributed by atoms with E-state index in [1.54, 1.807) is 18.3 Å². The second-order valence-electron chi connectivity index (χ2n) is 3.99. The summed E-state index contributed by atoms with van der Waals surface area (Å²) in [4.78, 5) is 4.03. The van der Waals surface area contributed by atoms with Gasteiger partial charge in [-0.2, -0.15) is 13.2 Å². The van der Waals surface area contributed by atoms with Gasteiger partial charge in [0.25, 0.3) is 0 Å². The summed E-state index contributed by atoms with van der Waals surface area (Å²) in [5, 5.41) is 2.97. The number of rotatable bonds is 3. The van der Waals surface area contributed by atoms with Gasteiger partial charge in [-0.15, -0.1) is 0 Å². The van der Waals surface area contributed by atoms with Crippen LogP contribution in [-0.2, 0) is 12.7 Å². The van der Waals surface area contributed by atoms with E-state index in [-0.39, 0.29) is 0 Å². The van der Waals surface area contributed by atoms with Crippen molar-refractivity contribution in [3.8, 4) is 0 Å². The van der Waals surface area contributed by atoms with E-state index < -0.39 is 11.7 Å². The highest BCUT2D eigenvalue weighted by Gasteiger charge is 2.29. The van der Waals surface area contributed by atoms with Gasteiger partial charge in [-0.05, 0) is 29.8 Å². The molecule has 2 rings (SSSR count). The molecule has 0 aliphatic heterocycles. The number of aromatic nitrogens is 1. The molecule has 3 nitrogen and oxygen atoms in total. The minimum atomic E-state index is -4.31. The summed E-state index contributed by atoms with van der Waals surface area (Å²) >= 11 is 0. The summed E-state index contributed by atoms with van der Waals surface area (Å²) in [7, 11) is 0. The minimum Gasteiger partial charge on any atom is -0.396 e. The highest BCUT2D eigenvalue weighted by atomic mass is 19.4. The number of nitrogens with one attached hydrogen (secondary N) is 1. The van der Waals surface area contributed by atoms with Crippen LogP contribution in [0.3, 0.4) is 0 Å². The zero-order valence-corrected chi connectivity index (χ0v) is 9.91. The van der Waals surface area contributed by atoms with Crippen LogP contribution in [0.2, 0.25) is 0 Å². The molecule has 0 saturated carbocycles. The van der Waals surface area contributed by atoms with E-state index in [0.717, 1.165) is 17.7 Å². The monoisotopic (exact) mass is 267 g/mol. The molecule has 19 heavy (non-hydrogen) atoms. The molecule has 1 heterocycles. The molecule has 0 aliphatic carbocycles. The maximum atomic E-state index is 12.4. The largest absolute Gasteiger partial charge is 0.416 e. The summed E-state index contributed by atoms with van der Waals surface area (Å²) < 4.78 is 37.1. The van der Waals surface area contributed by atoms with Crippen molar-refractivity contribution in [2.75, 3.05) is 11.1 Å². The van der Waals surface area contributed by atoms with Crippen molar-refractivity contribution < 1.29 is 13.2 Å². The molecule has 0 aliphatic rings. The molecule has 0 radical (unpaired) electrons. The molecule has 1 aromatic heterocycles. The Balaban J connectivity index is 2.03. The van der Waals surface area contributed by atoms with E-state index in [4.69, 9.17) is 5.73 Å². The SMILES string of the molecule is Nc1cccnc1NCc1ccc(C(F)(F)F)cc1. The number of nitrogens with zero attached hydrogens (tertiary/aromatic N) is 1. The van der Waals surface area contributed by atoms with Crippen LogP contribution in [0.5, 0.6) is 0 Å². The van der Waals surface area contributed by atoms with Crippen LogP contribution in [-0.4, -0.2) is 4.98 Å². The predicted molar refractivity (Wildman–Crippen MR) is 67.4 cm³/mol. The third-order valence-electron chi connectivity index (χ3n) is 2.58. The standard InChI is InChI=1S/C13H12F3N3/c14-13(15,16)10-5-3-9(4-6-10)8-19-12-11(17)2-1-7-18-12/h1-7H,8,17H2,(H,18,19). The molecule has 0 bridgehead atoms. The number of nitrogens with two attached hydrogens (primary N) is 1. The fourth-order valence-electron chi connectivity index (χ4n) is 1.56. The Morgan fingerprint density at radius 2 is 1.79 bits per heavy atom. The summed E-state index contributed by atoms with van der Waals surface area (Å²) in [6.07, 6.45) is -2.72. The van der Waals surface area contributed by atoms with E-state index in [0.29, 0.717) is 18.1 Å². The fraction of sp³-hybridized carbons (Fsp3) is 0.154. The van der Waals surface area contributed by atoms with Crippen molar-refractivity contribution in [2.45, 2.75) is 12.7 Å². The van der Waals surface area contributed by atoms with Gasteiger partial charge in [0.2, 0.25) is 0 Å². The summed E-state index contributed by atoms with van der Waals surface area (Å²) in [5.74, 6) is 0.516. The average molecular weight is 267 g/mol. The third-order valence-corrected chi connectivity index (χ3v) is 2.58. The maximum absolute atomic E-state index is 12.4. The summed E-state index contributed by atoms with van der Waals surface area (Å²) in [5.41, 5.74) is 6.25. The van der Waals surface area contributed by atoms with Crippen LogP contribution >= 0.6 is 0 Å². The molecule has 1 aromatic carbocycles. The van der Waals surface area contributed by atoms with Crippen molar-refractivity contribution in [2.24, 2.45) is 0 Å². The quantitative estimate of drug-likeness (QED) is 0.897. The van der Waals surface area contributed by atoms with Crippen LogP contribution in [0.15, 0.2) is 42.6 Å². The minimum absolute atomic E-state index is 0.360. The normalized spacial score (nSPS) is 11.3. The van der Waals surface area contributed by atoms with Gasteiger partial charge in [-0.25, -0.2) is 4.98 Å². The first kappa shape index (κ1) is 13.2. The second-order valence-corrected chi connectivity index (χ2v) is 3.99. The molecular weight excluding hydrogens is 255 g/mol. The lowest BCUT2D eigenvalue weighted by molar-refractivity contribution is -0.137. The van der Waals surface area contributed by atoms with Gasteiger partial charge in [-0.3, -0.25) is 0 Å². The number of halogens is 3. The first-order valence-corrected chi connectivity index (χ1v) is 5.57. The van der Waals surface area contributed by atoms with Crippen LogP contribution in [0.25, 0.3) is 0 Å². The molecule has 3 N–H and O–H groups in total. The molecule has 6 heteroatoms. The van der Waals surface area contributed by atoms with Gasteiger partial charge in [0.15, 0.2) is 0 Å². The first-order chi connectivity index (χ1) is 8.97. The van der Waals surface area contributed by atoms with Crippen molar-refractivity contribution in [3.63, 3.8) is 0 Å². The Morgan fingerprint density at radius 1 is 1.11 bits per heavy atom. The highest BCUT2D eigenvalue weighted by molar-refractivity contribution is 5.60. The van der Waals surface area contributed by atoms with Gasteiger partial charge < -0.3 is 11.1 Å². The molecule has 0 fully saturated rings. The lowest BCUT2D eigenvalue weighted by atomic mass is 10.1. The van der Waals surface area contributed by atoms with Crippen LogP contribution in [0, 0.1) is 0 Å². The lowest BCUT2D eigenvalue weighted by Gasteiger charge is -2.09. The zero-order chi connectivity index (χ0) is 13.9. The molecule has 2 aromatic rings. The molecule has 0 saturated heterocycles. The predicted octanol–water partition coefficient (Wildman–Crippen LogP) is 3.29. The second kappa shape index (κ2) is 5.17. The molecule has 0 atom stereocenters. The number of nitrogen functional groups attached to an aromatic ring is 1. The molecule has 0 amide bonds. The van der Waals surface area contributed by atoms with Crippen molar-refractivity contribution in [1.82, 2.24) is 4.98 Å². The summed E-state index contributed by atoms with van der Waals surface area (Å²) in [6, 6.07) is 8.36. The Kier molecular flexibility index (Phi) is 3.59. The smallest absolute Gasteiger partial charge is 0.396 e. The first-order valence-electron chi connectivity index (χ1n) is 5.57. The van der Waals surface area contributed by atoms with E-state index in [9.17, 15) is 13.2 Å². The van der Waals surface area contributed by atoms with E-state index in [1.165, 1.54) is 12.1 Å². The number of alkyl halides is 3. The Bertz CT molecular complexity index is 550. The Labute approximate surface area is 108 Å². The number of anilines is 2. The van der Waals surface area contributed by atoms with E-state index in [1.807, 2.05) is 0 Å². The highest BCUT2D eigenvalue weighted by Crippen LogP contribution is 2.29. The number of hydrogen-bond donors (Lipinski definition) is 2. The van der Waals surface area contributed by atoms with Gasteiger partial charge >= 0.3 is 6.18 Å². The third kappa shape index (κ3) is 3.37. The molecular formula is C13H12F3N3. The Hall–Kier alpha value is -2.24. The van der Waals surface area contributed by atoms with Crippen molar-refractivity contribution >= 4 is 11.5 Å². The lowest BCUT2D eigenvalue weighted by Crippen LogP contribution is -2.06. The molecule has 0 unspecified atom stereocenters. The summed E-state index contributed by atoms with van der Waals surface area (Å²) in [6.45, 7) is 0.360. The van der Waals surface area contributed by atoms with Gasteiger partial charge in [-0.1, -0.05) is 12.1 Å². The van der Waals surface area contributed by atoms with Gasteiger partial charge in [0, 0.05) is 12.7 Å². The number of benzene rings is 1. The zero-order valence-electron chi connectivity index (χ0n) is 9.91. The van der Waals surface area contributed by atoms with E-state index >= 15 is 0 Å². The Morgan fingerprint density at radius 3 is 2.37 bits per heavy atom. The van der Waals surface area contributed by atoms with Gasteiger partial charge in [0.1, 0.15) is 5.82 Å². The fourth-order valence-corrected chi connectivity index (χ4v) is 1.56. The van der Waals surface area contributed by atoms with Crippen LogP contribution in [0.1, 0.15) is 11.1 Å². The van der Waals surface area contributed by atoms with Crippen molar-refractivity contribution in [3.05, 3.63) is 53.7 Å². The van der Waals surface area contributed by atoms with Crippen LogP contribution < -0.4 is 11.1 Å². The average Bonchev–Trinajstić information content (AvgIpc) is 2.37. The van der Waals surface area contributed by atoms with Gasteiger partial charge in [0.05, 0.1) is 11.3 Å². The number of hydrogen-bond acceptors (Lipinski definition) is 3. The number of pyridine rings is 1. The van der Waals surface area contributed by atoms with Crippen LogP contribution in [0.4, 0.5) is 24.7 Å². The molecule has 0 spiro atoms. The maximum Gasteiger partial charge on any atom is 0.416 e. The van der Waals surface area contributed by atoms with E-state index in [2.05, 4.69) is 10.3 Å². The molecule has 100 valence electrons.